The number of halogens is 6. The highest BCUT2D eigenvalue weighted by Crippen LogP contribution is 2.43. The molecule has 12 rings (SSSR count). The Morgan fingerprint density at radius 1 is 0.379 bits per heavy atom. The molecule has 2 aromatic rings. The molecule has 10 aliphatic rings. The molecular formula is C104H200F6N10O4. The van der Waals surface area contributed by atoms with Gasteiger partial charge < -0.3 is 34.2 Å². The number of aliphatic hydroxyl groups excluding tert-OH is 1. The van der Waals surface area contributed by atoms with Gasteiger partial charge in [-0.25, -0.2) is 0 Å². The quantitative estimate of drug-likeness (QED) is 0.286. The summed E-state index contributed by atoms with van der Waals surface area (Å²) in [6.07, 6.45) is 21.6. The zero-order chi connectivity index (χ0) is 95.4. The third-order valence-electron chi connectivity index (χ3n) is 28.8. The molecule has 14 nitrogen and oxygen atoms in total. The molecule has 2 aromatic heterocycles. The van der Waals surface area contributed by atoms with Crippen molar-refractivity contribution in [3.63, 3.8) is 0 Å². The van der Waals surface area contributed by atoms with E-state index in [4.69, 9.17) is 9.47 Å². The fourth-order valence-electron chi connectivity index (χ4n) is 18.0. The first kappa shape index (κ1) is 117. The third-order valence-corrected chi connectivity index (χ3v) is 28.8. The maximum absolute atomic E-state index is 12.1. The van der Waals surface area contributed by atoms with E-state index in [1.54, 1.807) is 6.92 Å². The van der Waals surface area contributed by atoms with Gasteiger partial charge in [0, 0.05) is 77.7 Å². The second-order valence-corrected chi connectivity index (χ2v) is 51.0. The number of likely N-dealkylation sites (tertiary alicyclic amines) is 6. The summed E-state index contributed by atoms with van der Waals surface area (Å²) in [5, 5.41) is 20.0. The summed E-state index contributed by atoms with van der Waals surface area (Å²) >= 11 is 0. The summed E-state index contributed by atoms with van der Waals surface area (Å²) < 4.78 is 84.8. The first-order valence-corrected chi connectivity index (χ1v) is 48.9. The summed E-state index contributed by atoms with van der Waals surface area (Å²) in [6.45, 7) is 90.9. The Hall–Kier alpha value is -2.85. The molecule has 2 atom stereocenters. The lowest BCUT2D eigenvalue weighted by atomic mass is 9.72. The van der Waals surface area contributed by atoms with Crippen molar-refractivity contribution in [2.75, 3.05) is 132 Å². The van der Waals surface area contributed by atoms with Crippen LogP contribution in [0.5, 0.6) is 0 Å². The molecule has 0 bridgehead atoms. The van der Waals surface area contributed by atoms with Gasteiger partial charge in [-0.1, -0.05) is 228 Å². The lowest BCUT2D eigenvalue weighted by molar-refractivity contribution is -0.149. The number of hydrogen-bond acceptors (Lipinski definition) is 11. The highest BCUT2D eigenvalue weighted by molar-refractivity contribution is 5.73. The van der Waals surface area contributed by atoms with Crippen LogP contribution in [-0.2, 0) is 32.1 Å². The van der Waals surface area contributed by atoms with Crippen molar-refractivity contribution in [1.82, 2.24) is 49.4 Å². The summed E-state index contributed by atoms with van der Waals surface area (Å²) in [4.78, 5) is 23.6. The van der Waals surface area contributed by atoms with Crippen molar-refractivity contribution in [3.05, 3.63) is 35.9 Å². The molecular weight excluding hydrogens is 1570 g/mol. The van der Waals surface area contributed by atoms with Gasteiger partial charge in [0.25, 0.3) is 0 Å². The molecule has 10 heterocycles. The number of aryl methyl sites for hydroxylation is 1. The van der Waals surface area contributed by atoms with Crippen LogP contribution in [0.15, 0.2) is 24.8 Å². The average molecular weight is 1770 g/mol. The smallest absolute Gasteiger partial charge is 0.393 e. The van der Waals surface area contributed by atoms with E-state index in [0.717, 1.165) is 119 Å². The molecule has 8 saturated heterocycles. The Balaban J connectivity index is 0.000000464. The second-order valence-electron chi connectivity index (χ2n) is 51.0. The van der Waals surface area contributed by atoms with Crippen LogP contribution in [-0.4, -0.2) is 217 Å². The molecule has 0 radical (unpaired) electrons. The molecule has 0 spiro atoms. The van der Waals surface area contributed by atoms with E-state index in [9.17, 15) is 36.2 Å². The molecule has 1 amide bonds. The minimum absolute atomic E-state index is 0.00593. The molecule has 10 fully saturated rings. The number of nitrogens with one attached hydrogen (secondary N) is 1. The Morgan fingerprint density at radius 2 is 0.710 bits per heavy atom. The summed E-state index contributed by atoms with van der Waals surface area (Å²) in [5.41, 5.74) is 6.75. The monoisotopic (exact) mass is 1770 g/mol. The van der Waals surface area contributed by atoms with Gasteiger partial charge in [-0.2, -0.15) is 36.5 Å². The Kier molecular flexibility index (Phi) is 48.1. The molecule has 2 N–H and O–H groups in total. The molecule has 8 aliphatic heterocycles. The lowest BCUT2D eigenvalue weighted by Gasteiger charge is -2.38. The average Bonchev–Trinajstić information content (AvgIpc) is 1.81. The van der Waals surface area contributed by atoms with Crippen LogP contribution < -0.4 is 0 Å². The third kappa shape index (κ3) is 50.1. The summed E-state index contributed by atoms with van der Waals surface area (Å²) in [6, 6.07) is 0.987. The SMILES string of the molecule is CC(=O)N1CCC(C(C)(C)C)CC1.CC(C)(C)C1CCC(O)CC1.CC(C)(C)C1CCN(C2CC2)CC1.CC(C)(C)C1CCN(CC(F)(F)F)C1.CC(C)(C)C1CCN(CC(F)(F)F)CC1.CC(C)(C)C1CCOCC1.CC(C)(C)C1COC1.CC(C)(C)c1cn[nH]c1.CN1CCC(C(C)(C)C)C1.CN1CCC(C(C)(C)C)CC1.Cn1cc(C(C)(C)C)cn1. The second kappa shape index (κ2) is 50.9. The van der Waals surface area contributed by atoms with Crippen molar-refractivity contribution >= 4 is 5.91 Å². The molecule has 2 aliphatic carbocycles. The minimum atomic E-state index is -4.05. The predicted molar refractivity (Wildman–Crippen MR) is 514 cm³/mol. The van der Waals surface area contributed by atoms with E-state index in [1.807, 2.05) is 35.2 Å². The Labute approximate surface area is 760 Å². The maximum Gasteiger partial charge on any atom is 0.401 e. The van der Waals surface area contributed by atoms with Crippen LogP contribution >= 0.6 is 0 Å². The lowest BCUT2D eigenvalue weighted by Crippen LogP contribution is -2.42. The molecule has 20 heteroatoms. The van der Waals surface area contributed by atoms with Gasteiger partial charge in [-0.3, -0.25) is 24.4 Å². The zero-order valence-electron chi connectivity index (χ0n) is 87.6. The van der Waals surface area contributed by atoms with Gasteiger partial charge in [0.05, 0.1) is 44.8 Å². The fraction of sp³-hybridized carbons (Fsp3) is 0.933. The van der Waals surface area contributed by atoms with Crippen LogP contribution in [0.4, 0.5) is 26.3 Å². The number of H-pyrrole nitrogens is 1. The summed E-state index contributed by atoms with van der Waals surface area (Å²) in [5.74, 6) is 7.29. The van der Waals surface area contributed by atoms with Gasteiger partial charge in [0.2, 0.25) is 5.91 Å². The number of piperidine rings is 4. The zero-order valence-corrected chi connectivity index (χ0v) is 87.6. The highest BCUT2D eigenvalue weighted by atomic mass is 19.4. The summed E-state index contributed by atoms with van der Waals surface area (Å²) in [7, 11) is 6.37. The number of aromatic nitrogens is 4. The van der Waals surface area contributed by atoms with E-state index in [0.29, 0.717) is 75.9 Å². The molecule has 2 saturated carbocycles. The number of hydrogen-bond donors (Lipinski definition) is 2. The van der Waals surface area contributed by atoms with E-state index in [-0.39, 0.29) is 33.7 Å². The van der Waals surface area contributed by atoms with Crippen molar-refractivity contribution in [2.24, 2.45) is 109 Å². The van der Waals surface area contributed by atoms with E-state index in [2.05, 4.69) is 279 Å². The minimum Gasteiger partial charge on any atom is -0.393 e. The standard InChI is InChI=1S/C12H23N.C11H20F3N.C11H21NO.C10H18F3N.C10H21N.C10H20O.C9H19N.C9H18O.C8H14N2.C7H12N2.C7H14O/c1-12(2,3)10-6-8-13(9-7-10)11-4-5-11;1-10(2,3)9-4-6-15(7-5-9)8-11(12,13)14;1-9(13)12-7-5-10(6-8-12)11(2,3)4;1-9(2,3)8-4-5-14(6-8)7-10(11,12)13;1-10(2,3)9-5-7-11(4)8-6-9;1-10(2,3)8-4-6-9(11)7-5-8;1-9(2,3)8-5-6-10(4)7-8;1-9(2,3)8-4-6-10-7-5-8;1-8(2,3)7-5-9-10(4)6-7;1-7(2,3)6-4-8-9-5-6;1-7(2,3)6-4-8-5-6/h10-11H,4-9H2,1-3H3;9H,4-8H2,1-3H3;10H,5-8H2,1-4H3;8H,4-7H2,1-3H3;9H,5-8H2,1-4H3;8-9,11H,4-7H2,1-3H3;8H,5-7H2,1-4H3;8H,4-7H2,1-3H3;5-6H,1-4H3;4-5H,1-3H3,(H,8,9);6H,4-5H2,1-3H3. The van der Waals surface area contributed by atoms with E-state index >= 15 is 0 Å². The number of carbonyl (C=O) groups is 1. The largest absolute Gasteiger partial charge is 0.401 e. The first-order valence-electron chi connectivity index (χ1n) is 48.9. The van der Waals surface area contributed by atoms with Gasteiger partial charge in [0.15, 0.2) is 0 Å². The van der Waals surface area contributed by atoms with Crippen molar-refractivity contribution in [1.29, 1.82) is 0 Å². The van der Waals surface area contributed by atoms with E-state index < -0.39 is 25.4 Å². The number of aliphatic hydroxyl groups is 1. The van der Waals surface area contributed by atoms with Crippen LogP contribution in [0.25, 0.3) is 0 Å². The molecule has 124 heavy (non-hydrogen) atoms. The van der Waals surface area contributed by atoms with Gasteiger partial charge in [-0.05, 0) is 300 Å². The van der Waals surface area contributed by atoms with Crippen LogP contribution in [0.3, 0.4) is 0 Å². The molecule has 0 aromatic carbocycles. The Bertz CT molecular complexity index is 3050. The highest BCUT2D eigenvalue weighted by Gasteiger charge is 2.41. The number of carbonyl (C=O) groups excluding carboxylic acids is 1. The first-order chi connectivity index (χ1) is 56.2. The van der Waals surface area contributed by atoms with Gasteiger partial charge in [-0.15, -0.1) is 0 Å². The van der Waals surface area contributed by atoms with Crippen LogP contribution in [0.2, 0.25) is 0 Å². The topological polar surface area (TPSA) is 122 Å². The van der Waals surface area contributed by atoms with Crippen molar-refractivity contribution in [2.45, 2.75) is 386 Å². The van der Waals surface area contributed by atoms with Crippen LogP contribution in [0.1, 0.15) is 362 Å². The number of aromatic amines is 1. The number of nitrogens with zero attached hydrogens (tertiary/aromatic N) is 9. The van der Waals surface area contributed by atoms with Gasteiger partial charge >= 0.3 is 12.4 Å². The number of amides is 1. The predicted octanol–water partition coefficient (Wildman–Crippen LogP) is 25.9. The fourth-order valence-corrected chi connectivity index (χ4v) is 18.0. The number of ether oxygens (including phenoxy) is 2. The molecule has 2 unspecified atom stereocenters. The number of alkyl halides is 6. The van der Waals surface area contributed by atoms with E-state index in [1.165, 1.54) is 144 Å². The molecule has 732 valence electrons. The van der Waals surface area contributed by atoms with Crippen molar-refractivity contribution < 1.29 is 45.7 Å². The van der Waals surface area contributed by atoms with Gasteiger partial charge in [0.1, 0.15) is 0 Å². The number of rotatable bonds is 3. The maximum atomic E-state index is 12.1. The van der Waals surface area contributed by atoms with Crippen molar-refractivity contribution in [3.8, 4) is 0 Å². The van der Waals surface area contributed by atoms with Crippen LogP contribution in [0, 0.1) is 102 Å². The Morgan fingerprint density at radius 3 is 0.976 bits per heavy atom. The normalized spacial score (nSPS) is 23.3.